The van der Waals surface area contributed by atoms with Gasteiger partial charge < -0.3 is 14.8 Å². The molecule has 0 radical (unpaired) electrons. The monoisotopic (exact) mass is 404 g/mol. The van der Waals surface area contributed by atoms with Gasteiger partial charge in [-0.2, -0.15) is 0 Å². The molecule has 4 rings (SSSR count). The lowest BCUT2D eigenvalue weighted by atomic mass is 10.1. The molecular formula is C23H20N2O3S. The number of rotatable bonds is 6. The number of carbonyl (C=O) groups is 1. The molecule has 1 heterocycles. The molecule has 1 N–H and O–H groups in total. The van der Waals surface area contributed by atoms with Crippen molar-refractivity contribution in [2.75, 3.05) is 19.5 Å². The number of aromatic nitrogens is 1. The highest BCUT2D eigenvalue weighted by atomic mass is 32.1. The quantitative estimate of drug-likeness (QED) is 0.482. The molecule has 0 unspecified atom stereocenters. The first-order valence-electron chi connectivity index (χ1n) is 9.12. The maximum absolute atomic E-state index is 12.6. The van der Waals surface area contributed by atoms with Crippen LogP contribution >= 0.6 is 11.3 Å². The third-order valence-electron chi connectivity index (χ3n) is 4.59. The predicted octanol–water partition coefficient (Wildman–Crippen LogP) is 5.16. The van der Waals surface area contributed by atoms with E-state index in [4.69, 9.17) is 9.47 Å². The van der Waals surface area contributed by atoms with Crippen LogP contribution in [0.3, 0.4) is 0 Å². The Morgan fingerprint density at radius 2 is 1.79 bits per heavy atom. The molecule has 146 valence electrons. The van der Waals surface area contributed by atoms with Crippen molar-refractivity contribution in [3.8, 4) is 22.1 Å². The number of benzene rings is 3. The minimum atomic E-state index is -0.0921. The van der Waals surface area contributed by atoms with E-state index in [1.54, 1.807) is 14.2 Å². The van der Waals surface area contributed by atoms with Crippen molar-refractivity contribution in [2.24, 2.45) is 0 Å². The number of hydrogen-bond donors (Lipinski definition) is 1. The van der Waals surface area contributed by atoms with Crippen LogP contribution in [-0.4, -0.2) is 25.1 Å². The third-order valence-corrected chi connectivity index (χ3v) is 5.53. The summed E-state index contributed by atoms with van der Waals surface area (Å²) in [4.78, 5) is 17.2. The molecule has 1 amide bonds. The van der Waals surface area contributed by atoms with Gasteiger partial charge in [0.15, 0.2) is 11.5 Å². The number of nitrogens with zero attached hydrogens (tertiary/aromatic N) is 1. The molecule has 1 aromatic heterocycles. The van der Waals surface area contributed by atoms with Gasteiger partial charge >= 0.3 is 0 Å². The molecule has 0 spiro atoms. The fourth-order valence-corrected chi connectivity index (χ4v) is 4.00. The zero-order chi connectivity index (χ0) is 20.2. The van der Waals surface area contributed by atoms with Crippen molar-refractivity contribution in [3.05, 3.63) is 71.7 Å². The highest BCUT2D eigenvalue weighted by Gasteiger charge is 2.12. The molecule has 0 aliphatic rings. The van der Waals surface area contributed by atoms with Crippen molar-refractivity contribution < 1.29 is 14.3 Å². The number of fused-ring (bicyclic) bond motifs is 1. The Morgan fingerprint density at radius 3 is 2.62 bits per heavy atom. The van der Waals surface area contributed by atoms with Crippen molar-refractivity contribution in [1.82, 2.24) is 4.98 Å². The average molecular weight is 404 g/mol. The van der Waals surface area contributed by atoms with Crippen LogP contribution in [0.15, 0.2) is 66.0 Å². The number of thiazole rings is 1. The fraction of sp³-hybridized carbons (Fsp3) is 0.130. The fourth-order valence-electron chi connectivity index (χ4n) is 3.18. The van der Waals surface area contributed by atoms with Gasteiger partial charge in [-0.15, -0.1) is 11.3 Å². The van der Waals surface area contributed by atoms with Crippen LogP contribution in [0.25, 0.3) is 21.3 Å². The largest absolute Gasteiger partial charge is 0.493 e. The number of amides is 1. The van der Waals surface area contributed by atoms with E-state index in [-0.39, 0.29) is 12.3 Å². The van der Waals surface area contributed by atoms with Gasteiger partial charge in [-0.05, 0) is 29.7 Å². The van der Waals surface area contributed by atoms with Crippen LogP contribution < -0.4 is 14.8 Å². The molecule has 0 fully saturated rings. The number of anilines is 1. The normalized spacial score (nSPS) is 10.7. The van der Waals surface area contributed by atoms with Crippen molar-refractivity contribution in [3.63, 3.8) is 0 Å². The highest BCUT2D eigenvalue weighted by Crippen LogP contribution is 2.33. The zero-order valence-corrected chi connectivity index (χ0v) is 17.0. The van der Waals surface area contributed by atoms with Gasteiger partial charge in [0, 0.05) is 22.0 Å². The van der Waals surface area contributed by atoms with Gasteiger partial charge in [0.05, 0.1) is 26.3 Å². The average Bonchev–Trinajstić information content (AvgIpc) is 3.21. The number of ether oxygens (including phenoxy) is 2. The molecular weight excluding hydrogens is 384 g/mol. The summed E-state index contributed by atoms with van der Waals surface area (Å²) in [5, 5.41) is 7.86. The van der Waals surface area contributed by atoms with Crippen LogP contribution in [0.1, 0.15) is 5.69 Å². The summed E-state index contributed by atoms with van der Waals surface area (Å²) >= 11 is 1.50. The lowest BCUT2D eigenvalue weighted by Gasteiger charge is -2.08. The van der Waals surface area contributed by atoms with E-state index in [1.165, 1.54) is 11.3 Å². The number of nitrogens with one attached hydrogen (secondary N) is 1. The summed E-state index contributed by atoms with van der Waals surface area (Å²) in [5.74, 6) is 1.23. The van der Waals surface area contributed by atoms with Crippen LogP contribution in [0.5, 0.6) is 11.5 Å². The second-order valence-corrected chi connectivity index (χ2v) is 7.32. The van der Waals surface area contributed by atoms with Gasteiger partial charge in [-0.25, -0.2) is 4.98 Å². The molecule has 0 atom stereocenters. The molecule has 5 nitrogen and oxygen atoms in total. The number of carbonyl (C=O) groups excluding carboxylic acids is 1. The van der Waals surface area contributed by atoms with Crippen LogP contribution in [0.4, 0.5) is 5.69 Å². The smallest absolute Gasteiger partial charge is 0.230 e. The minimum absolute atomic E-state index is 0.0921. The van der Waals surface area contributed by atoms with E-state index >= 15 is 0 Å². The first kappa shape index (κ1) is 19.0. The van der Waals surface area contributed by atoms with Gasteiger partial charge in [0.1, 0.15) is 5.01 Å². The molecule has 0 aliphatic heterocycles. The van der Waals surface area contributed by atoms with Crippen LogP contribution in [0.2, 0.25) is 0 Å². The third kappa shape index (κ3) is 4.07. The number of methoxy groups -OCH3 is 2. The standard InChI is InChI=1S/C23H20N2O3S/c1-27-20-11-10-16(12-21(20)28-2)23-24-17(14-29-23)13-22(26)25-19-9-5-7-15-6-3-4-8-18(15)19/h3-12,14H,13H2,1-2H3,(H,25,26). The van der Waals surface area contributed by atoms with Crippen molar-refractivity contribution in [2.45, 2.75) is 6.42 Å². The van der Waals surface area contributed by atoms with Crippen LogP contribution in [-0.2, 0) is 11.2 Å². The molecule has 0 saturated carbocycles. The van der Waals surface area contributed by atoms with E-state index < -0.39 is 0 Å². The Bertz CT molecular complexity index is 1160. The maximum Gasteiger partial charge on any atom is 0.230 e. The van der Waals surface area contributed by atoms with E-state index in [0.29, 0.717) is 11.5 Å². The molecule has 6 heteroatoms. The Hall–Kier alpha value is -3.38. The van der Waals surface area contributed by atoms with Crippen molar-refractivity contribution in [1.29, 1.82) is 0 Å². The van der Waals surface area contributed by atoms with Gasteiger partial charge in [0.25, 0.3) is 0 Å². The minimum Gasteiger partial charge on any atom is -0.493 e. The molecule has 0 aliphatic carbocycles. The lowest BCUT2D eigenvalue weighted by Crippen LogP contribution is -2.14. The van der Waals surface area contributed by atoms with E-state index in [1.807, 2.05) is 66.0 Å². The van der Waals surface area contributed by atoms with Crippen molar-refractivity contribution >= 4 is 33.7 Å². The Labute approximate surface area is 172 Å². The SMILES string of the molecule is COc1ccc(-c2nc(CC(=O)Nc3cccc4ccccc34)cs2)cc1OC. The second-order valence-electron chi connectivity index (χ2n) is 6.47. The van der Waals surface area contributed by atoms with Gasteiger partial charge in [-0.3, -0.25) is 4.79 Å². The van der Waals surface area contributed by atoms with Gasteiger partial charge in [0.2, 0.25) is 5.91 Å². The number of hydrogen-bond acceptors (Lipinski definition) is 5. The molecule has 4 aromatic rings. The summed E-state index contributed by atoms with van der Waals surface area (Å²) in [6, 6.07) is 19.5. The lowest BCUT2D eigenvalue weighted by molar-refractivity contribution is -0.115. The summed E-state index contributed by atoms with van der Waals surface area (Å²) in [5.41, 5.74) is 2.47. The first-order valence-corrected chi connectivity index (χ1v) is 10.0. The molecule has 0 bridgehead atoms. The highest BCUT2D eigenvalue weighted by molar-refractivity contribution is 7.13. The van der Waals surface area contributed by atoms with Gasteiger partial charge in [-0.1, -0.05) is 36.4 Å². The summed E-state index contributed by atoms with van der Waals surface area (Å²) in [6.07, 6.45) is 0.215. The maximum atomic E-state index is 12.6. The topological polar surface area (TPSA) is 60.5 Å². The first-order chi connectivity index (χ1) is 14.2. The van der Waals surface area contributed by atoms with E-state index in [0.717, 1.165) is 32.7 Å². The zero-order valence-electron chi connectivity index (χ0n) is 16.1. The summed E-state index contributed by atoms with van der Waals surface area (Å²) in [7, 11) is 3.21. The van der Waals surface area contributed by atoms with E-state index in [2.05, 4.69) is 10.3 Å². The van der Waals surface area contributed by atoms with E-state index in [9.17, 15) is 4.79 Å². The Balaban J connectivity index is 1.50. The molecule has 3 aromatic carbocycles. The predicted molar refractivity (Wildman–Crippen MR) is 117 cm³/mol. The summed E-state index contributed by atoms with van der Waals surface area (Å²) < 4.78 is 10.6. The Kier molecular flexibility index (Phi) is 5.44. The molecule has 29 heavy (non-hydrogen) atoms. The second kappa shape index (κ2) is 8.32. The summed E-state index contributed by atoms with van der Waals surface area (Å²) in [6.45, 7) is 0. The Morgan fingerprint density at radius 1 is 1.00 bits per heavy atom. The van der Waals surface area contributed by atoms with Crippen LogP contribution in [0, 0.1) is 0 Å². The molecule has 0 saturated heterocycles.